The number of phenols is 1. The van der Waals surface area contributed by atoms with Crippen molar-refractivity contribution in [1.82, 2.24) is 9.97 Å². The highest BCUT2D eigenvalue weighted by Crippen LogP contribution is 2.30. The van der Waals surface area contributed by atoms with Crippen LogP contribution in [0.2, 0.25) is 0 Å². The Morgan fingerprint density at radius 2 is 1.91 bits per heavy atom. The average molecular weight is 291 g/mol. The molecule has 0 fully saturated rings. The SMILES string of the molecule is Cc1cc(C)c2ccc(C=Cc3cccnc3N)nc2c1O. The molecule has 110 valence electrons. The van der Waals surface area contributed by atoms with Crippen LogP contribution >= 0.6 is 0 Å². The van der Waals surface area contributed by atoms with E-state index in [-0.39, 0.29) is 5.75 Å². The average Bonchev–Trinajstić information content (AvgIpc) is 2.52. The lowest BCUT2D eigenvalue weighted by Crippen LogP contribution is -1.92. The zero-order valence-electron chi connectivity index (χ0n) is 12.5. The van der Waals surface area contributed by atoms with E-state index < -0.39 is 0 Å². The van der Waals surface area contributed by atoms with Gasteiger partial charge in [0, 0.05) is 17.1 Å². The number of aromatic nitrogens is 2. The van der Waals surface area contributed by atoms with Gasteiger partial charge in [0.1, 0.15) is 17.1 Å². The Balaban J connectivity index is 2.06. The molecule has 3 N–H and O–H groups in total. The minimum atomic E-state index is 0.233. The molecule has 0 bridgehead atoms. The number of anilines is 1. The zero-order chi connectivity index (χ0) is 15.7. The molecule has 2 heterocycles. The molecule has 1 aromatic carbocycles. The molecule has 4 nitrogen and oxygen atoms in total. The van der Waals surface area contributed by atoms with E-state index in [1.165, 1.54) is 0 Å². The lowest BCUT2D eigenvalue weighted by molar-refractivity contribution is 0.476. The van der Waals surface area contributed by atoms with E-state index in [2.05, 4.69) is 9.97 Å². The number of hydrogen-bond donors (Lipinski definition) is 2. The van der Waals surface area contributed by atoms with Crippen molar-refractivity contribution in [2.24, 2.45) is 0 Å². The number of hydrogen-bond acceptors (Lipinski definition) is 4. The second kappa shape index (κ2) is 5.48. The van der Waals surface area contributed by atoms with Crippen LogP contribution in [-0.2, 0) is 0 Å². The van der Waals surface area contributed by atoms with Gasteiger partial charge in [-0.15, -0.1) is 0 Å². The Bertz CT molecular complexity index is 885. The van der Waals surface area contributed by atoms with Gasteiger partial charge in [0.2, 0.25) is 0 Å². The molecular formula is C18H17N3O. The number of pyridine rings is 2. The summed E-state index contributed by atoms with van der Waals surface area (Å²) in [6, 6.07) is 9.59. The molecule has 0 aliphatic heterocycles. The van der Waals surface area contributed by atoms with Gasteiger partial charge in [-0.1, -0.05) is 12.1 Å². The Morgan fingerprint density at radius 3 is 2.68 bits per heavy atom. The fraction of sp³-hybridized carbons (Fsp3) is 0.111. The first-order chi connectivity index (χ1) is 10.6. The van der Waals surface area contributed by atoms with Crippen molar-refractivity contribution < 1.29 is 5.11 Å². The third kappa shape index (κ3) is 2.51. The van der Waals surface area contributed by atoms with Crippen molar-refractivity contribution in [3.63, 3.8) is 0 Å². The molecule has 3 aromatic rings. The summed E-state index contributed by atoms with van der Waals surface area (Å²) in [7, 11) is 0. The lowest BCUT2D eigenvalue weighted by Gasteiger charge is -2.08. The third-order valence-corrected chi connectivity index (χ3v) is 3.68. The number of rotatable bonds is 2. The van der Waals surface area contributed by atoms with Gasteiger partial charge in [-0.25, -0.2) is 9.97 Å². The van der Waals surface area contributed by atoms with Crippen LogP contribution in [0.4, 0.5) is 5.82 Å². The van der Waals surface area contributed by atoms with Gasteiger partial charge in [0.25, 0.3) is 0 Å². The van der Waals surface area contributed by atoms with E-state index >= 15 is 0 Å². The van der Waals surface area contributed by atoms with Gasteiger partial charge >= 0.3 is 0 Å². The highest BCUT2D eigenvalue weighted by Gasteiger charge is 2.08. The van der Waals surface area contributed by atoms with Gasteiger partial charge in [0.05, 0.1) is 5.69 Å². The van der Waals surface area contributed by atoms with Crippen LogP contribution in [0.25, 0.3) is 23.1 Å². The van der Waals surface area contributed by atoms with E-state index in [0.29, 0.717) is 11.3 Å². The Kier molecular flexibility index (Phi) is 3.51. The number of nitrogen functional groups attached to an aromatic ring is 1. The summed E-state index contributed by atoms with van der Waals surface area (Å²) in [6.45, 7) is 3.89. The van der Waals surface area contributed by atoms with Crippen LogP contribution in [0.5, 0.6) is 5.75 Å². The Morgan fingerprint density at radius 1 is 1.09 bits per heavy atom. The molecule has 2 aromatic heterocycles. The summed E-state index contributed by atoms with van der Waals surface area (Å²) in [4.78, 5) is 8.59. The molecule has 22 heavy (non-hydrogen) atoms. The van der Waals surface area contributed by atoms with Crippen LogP contribution in [0.15, 0.2) is 36.5 Å². The number of fused-ring (bicyclic) bond motifs is 1. The first-order valence-electron chi connectivity index (χ1n) is 7.05. The summed E-state index contributed by atoms with van der Waals surface area (Å²) < 4.78 is 0. The van der Waals surface area contributed by atoms with E-state index in [1.807, 2.05) is 56.3 Å². The van der Waals surface area contributed by atoms with Crippen molar-refractivity contribution in [3.8, 4) is 5.75 Å². The minimum Gasteiger partial charge on any atom is -0.505 e. The zero-order valence-corrected chi connectivity index (χ0v) is 12.5. The molecule has 0 radical (unpaired) electrons. The highest BCUT2D eigenvalue weighted by molar-refractivity contribution is 5.89. The maximum absolute atomic E-state index is 10.2. The number of phenolic OH excluding ortho intramolecular Hbond substituents is 1. The maximum Gasteiger partial charge on any atom is 0.144 e. The van der Waals surface area contributed by atoms with Gasteiger partial charge in [0.15, 0.2) is 0 Å². The van der Waals surface area contributed by atoms with E-state index in [1.54, 1.807) is 6.20 Å². The van der Waals surface area contributed by atoms with Gasteiger partial charge < -0.3 is 10.8 Å². The van der Waals surface area contributed by atoms with Gasteiger partial charge in [-0.2, -0.15) is 0 Å². The monoisotopic (exact) mass is 291 g/mol. The second-order valence-electron chi connectivity index (χ2n) is 5.30. The number of nitrogens with zero attached hydrogens (tertiary/aromatic N) is 2. The summed E-state index contributed by atoms with van der Waals surface area (Å²) in [6.07, 6.45) is 5.39. The number of aryl methyl sites for hydroxylation is 2. The summed E-state index contributed by atoms with van der Waals surface area (Å²) >= 11 is 0. The molecule has 0 unspecified atom stereocenters. The number of aromatic hydroxyl groups is 1. The molecule has 0 atom stereocenters. The highest BCUT2D eigenvalue weighted by atomic mass is 16.3. The predicted molar refractivity (Wildman–Crippen MR) is 90.5 cm³/mol. The number of benzene rings is 1. The van der Waals surface area contributed by atoms with Crippen molar-refractivity contribution in [1.29, 1.82) is 0 Å². The van der Waals surface area contributed by atoms with Crippen molar-refractivity contribution >= 4 is 28.9 Å². The molecule has 0 aliphatic rings. The van der Waals surface area contributed by atoms with Gasteiger partial charge in [-0.3, -0.25) is 0 Å². The summed E-state index contributed by atoms with van der Waals surface area (Å²) in [5, 5.41) is 11.2. The van der Waals surface area contributed by atoms with E-state index in [4.69, 9.17) is 5.73 Å². The van der Waals surface area contributed by atoms with Crippen LogP contribution < -0.4 is 5.73 Å². The third-order valence-electron chi connectivity index (χ3n) is 3.68. The largest absolute Gasteiger partial charge is 0.505 e. The van der Waals surface area contributed by atoms with Crippen LogP contribution in [0.1, 0.15) is 22.4 Å². The maximum atomic E-state index is 10.2. The van der Waals surface area contributed by atoms with Crippen LogP contribution in [-0.4, -0.2) is 15.1 Å². The molecule has 3 rings (SSSR count). The van der Waals surface area contributed by atoms with E-state index in [0.717, 1.165) is 27.8 Å². The van der Waals surface area contributed by atoms with Crippen LogP contribution in [0.3, 0.4) is 0 Å². The summed E-state index contributed by atoms with van der Waals surface area (Å²) in [5.74, 6) is 0.714. The Hall–Kier alpha value is -2.88. The predicted octanol–water partition coefficient (Wildman–Crippen LogP) is 3.70. The first kappa shape index (κ1) is 14.1. The molecule has 0 aliphatic carbocycles. The quantitative estimate of drug-likeness (QED) is 0.755. The van der Waals surface area contributed by atoms with E-state index in [9.17, 15) is 5.11 Å². The fourth-order valence-corrected chi connectivity index (χ4v) is 2.47. The van der Waals surface area contributed by atoms with Crippen molar-refractivity contribution in [2.75, 3.05) is 5.73 Å². The Labute approximate surface area is 129 Å². The minimum absolute atomic E-state index is 0.233. The molecule has 4 heteroatoms. The standard InChI is InChI=1S/C18H17N3O/c1-11-10-12(2)17(22)16-15(11)8-7-14(21-16)6-5-13-4-3-9-20-18(13)19/h3-10,22H,1-2H3,(H2,19,20). The first-order valence-corrected chi connectivity index (χ1v) is 7.05. The summed E-state index contributed by atoms with van der Waals surface area (Å²) in [5.41, 5.74) is 9.97. The van der Waals surface area contributed by atoms with Crippen molar-refractivity contribution in [3.05, 3.63) is 58.9 Å². The van der Waals surface area contributed by atoms with Crippen molar-refractivity contribution in [2.45, 2.75) is 13.8 Å². The van der Waals surface area contributed by atoms with Gasteiger partial charge in [-0.05, 0) is 55.3 Å². The number of nitrogens with two attached hydrogens (primary N) is 1. The smallest absolute Gasteiger partial charge is 0.144 e. The molecule has 0 saturated carbocycles. The molecule has 0 spiro atoms. The molecule has 0 saturated heterocycles. The molecular weight excluding hydrogens is 274 g/mol. The molecule has 0 amide bonds. The normalized spacial score (nSPS) is 11.4. The lowest BCUT2D eigenvalue weighted by atomic mass is 10.0. The van der Waals surface area contributed by atoms with Crippen LogP contribution in [0, 0.1) is 13.8 Å². The fourth-order valence-electron chi connectivity index (χ4n) is 2.47. The second-order valence-corrected chi connectivity index (χ2v) is 5.30. The topological polar surface area (TPSA) is 72.0 Å².